The molecular formula is C67H42N2O. The Morgan fingerprint density at radius 3 is 1.67 bits per heavy atom. The van der Waals surface area contributed by atoms with Gasteiger partial charge in [0.25, 0.3) is 0 Å². The second-order valence-electron chi connectivity index (χ2n) is 18.8. The van der Waals surface area contributed by atoms with Crippen LogP contribution in [0.25, 0.3) is 93.9 Å². The maximum Gasteiger partial charge on any atom is 0.135 e. The molecule has 326 valence electrons. The van der Waals surface area contributed by atoms with Crippen molar-refractivity contribution in [1.29, 1.82) is 0 Å². The molecule has 0 radical (unpaired) electrons. The summed E-state index contributed by atoms with van der Waals surface area (Å²) >= 11 is 0. The Hall–Kier alpha value is -9.18. The summed E-state index contributed by atoms with van der Waals surface area (Å²) in [5, 5.41) is 4.71. The van der Waals surface area contributed by atoms with Crippen LogP contribution in [-0.4, -0.2) is 4.57 Å². The summed E-state index contributed by atoms with van der Waals surface area (Å²) in [7, 11) is 0. The summed E-state index contributed by atoms with van der Waals surface area (Å²) in [6.07, 6.45) is 0. The van der Waals surface area contributed by atoms with Gasteiger partial charge in [-0.15, -0.1) is 0 Å². The molecule has 3 heterocycles. The van der Waals surface area contributed by atoms with Gasteiger partial charge in [0, 0.05) is 38.5 Å². The third-order valence-electron chi connectivity index (χ3n) is 15.2. The van der Waals surface area contributed by atoms with Gasteiger partial charge < -0.3 is 13.9 Å². The van der Waals surface area contributed by atoms with Gasteiger partial charge in [-0.05, 0) is 122 Å². The van der Waals surface area contributed by atoms with E-state index in [1.165, 1.54) is 72.0 Å². The molecule has 0 N–H and O–H groups in total. The summed E-state index contributed by atoms with van der Waals surface area (Å²) in [4.78, 5) is 2.50. The molecule has 13 aromatic rings. The molecule has 1 aliphatic heterocycles. The molecule has 0 saturated carbocycles. The largest absolute Gasteiger partial charge is 0.456 e. The van der Waals surface area contributed by atoms with Crippen LogP contribution in [0.5, 0.6) is 0 Å². The van der Waals surface area contributed by atoms with E-state index < -0.39 is 5.41 Å². The molecule has 70 heavy (non-hydrogen) atoms. The fourth-order valence-electron chi connectivity index (χ4n) is 12.2. The first-order valence-corrected chi connectivity index (χ1v) is 24.2. The topological polar surface area (TPSA) is 21.3 Å². The SMILES string of the molecule is c1ccc(-c2ccc(-c3ccccc3N(c3ccc(-c4ccc5oc6ccccc6c5c4)cc3)c3cc4c5c(c3)c3ccccc3n5-c3ccccc3C43c4ccccc4-c4ccccc43)cc2)cc1. The van der Waals surface area contributed by atoms with E-state index in [4.69, 9.17) is 4.42 Å². The zero-order chi connectivity index (χ0) is 45.9. The van der Waals surface area contributed by atoms with Gasteiger partial charge >= 0.3 is 0 Å². The number of benzene rings is 11. The molecule has 11 aromatic carbocycles. The van der Waals surface area contributed by atoms with Crippen molar-refractivity contribution in [2.75, 3.05) is 4.90 Å². The van der Waals surface area contributed by atoms with Crippen LogP contribution in [0.1, 0.15) is 22.3 Å². The molecule has 2 aliphatic rings. The van der Waals surface area contributed by atoms with Crippen molar-refractivity contribution in [1.82, 2.24) is 4.57 Å². The van der Waals surface area contributed by atoms with Crippen LogP contribution < -0.4 is 4.90 Å². The quantitative estimate of drug-likeness (QED) is 0.166. The van der Waals surface area contributed by atoms with Gasteiger partial charge in [-0.2, -0.15) is 0 Å². The van der Waals surface area contributed by atoms with Gasteiger partial charge in [0.05, 0.1) is 27.8 Å². The highest BCUT2D eigenvalue weighted by Gasteiger charge is 2.51. The number of furan rings is 1. The van der Waals surface area contributed by atoms with Gasteiger partial charge in [-0.1, -0.05) is 194 Å². The lowest BCUT2D eigenvalue weighted by Crippen LogP contribution is -2.33. The number of hydrogen-bond acceptors (Lipinski definition) is 2. The summed E-state index contributed by atoms with van der Waals surface area (Å²) in [6.45, 7) is 0. The van der Waals surface area contributed by atoms with Gasteiger partial charge in [0.2, 0.25) is 0 Å². The lowest BCUT2D eigenvalue weighted by atomic mass is 9.65. The average molecular weight is 891 g/mol. The zero-order valence-corrected chi connectivity index (χ0v) is 38.1. The minimum atomic E-state index is -0.583. The summed E-state index contributed by atoms with van der Waals surface area (Å²) < 4.78 is 8.77. The van der Waals surface area contributed by atoms with Gasteiger partial charge in [0.15, 0.2) is 0 Å². The molecule has 1 aliphatic carbocycles. The van der Waals surface area contributed by atoms with Gasteiger partial charge in [-0.3, -0.25) is 0 Å². The maximum absolute atomic E-state index is 6.24. The molecular weight excluding hydrogens is 849 g/mol. The fourth-order valence-corrected chi connectivity index (χ4v) is 12.2. The predicted octanol–water partition coefficient (Wildman–Crippen LogP) is 17.8. The number of fused-ring (bicyclic) bond motifs is 15. The second kappa shape index (κ2) is 14.9. The number of aromatic nitrogens is 1. The number of hydrogen-bond donors (Lipinski definition) is 0. The van der Waals surface area contributed by atoms with Crippen LogP contribution in [0.2, 0.25) is 0 Å². The molecule has 2 aromatic heterocycles. The third kappa shape index (κ3) is 5.46. The molecule has 0 unspecified atom stereocenters. The van der Waals surface area contributed by atoms with Crippen molar-refractivity contribution in [3.05, 3.63) is 277 Å². The molecule has 0 atom stereocenters. The Bertz CT molecular complexity index is 4190. The standard InChI is InChI=1S/C67H42N2O/c1-2-16-43(17-3-1)44-30-32-46(33-31-44)50-18-6-12-26-61(50)68(48-37-34-45(35-38-48)47-36-39-65-55(40-47)54-22-8-15-29-64(54)70-65)49-41-56-53-21-7-13-27-62(53)69-63-28-14-11-25-59(63)67(60(42-49)66(56)69)57-23-9-4-19-51(57)52-20-5-10-24-58(52)67/h1-42H. The molecule has 0 bridgehead atoms. The van der Waals surface area contributed by atoms with Crippen LogP contribution in [0, 0.1) is 0 Å². The van der Waals surface area contributed by atoms with Crippen LogP contribution in [0.4, 0.5) is 17.1 Å². The Balaban J connectivity index is 1.00. The van der Waals surface area contributed by atoms with E-state index in [0.717, 1.165) is 61.3 Å². The molecule has 0 fully saturated rings. The van der Waals surface area contributed by atoms with Gasteiger partial charge in [0.1, 0.15) is 11.2 Å². The Kier molecular flexibility index (Phi) is 8.28. The van der Waals surface area contributed by atoms with Crippen molar-refractivity contribution in [2.24, 2.45) is 0 Å². The average Bonchev–Trinajstić information content (AvgIpc) is 4.08. The second-order valence-corrected chi connectivity index (χ2v) is 18.8. The highest BCUT2D eigenvalue weighted by Crippen LogP contribution is 2.62. The lowest BCUT2D eigenvalue weighted by molar-refractivity contribution is 0.669. The summed E-state index contributed by atoms with van der Waals surface area (Å²) in [6, 6.07) is 93.8. The minimum Gasteiger partial charge on any atom is -0.456 e. The number of nitrogens with zero attached hydrogens (tertiary/aromatic N) is 2. The first-order chi connectivity index (χ1) is 34.7. The van der Waals surface area contributed by atoms with E-state index in [1.54, 1.807) is 0 Å². The third-order valence-corrected chi connectivity index (χ3v) is 15.2. The number of anilines is 3. The number of rotatable bonds is 6. The summed E-state index contributed by atoms with van der Waals surface area (Å²) in [5.41, 5.74) is 22.9. The van der Waals surface area contributed by atoms with E-state index in [-0.39, 0.29) is 0 Å². The molecule has 1 spiro atoms. The smallest absolute Gasteiger partial charge is 0.135 e. The minimum absolute atomic E-state index is 0.583. The highest BCUT2D eigenvalue weighted by atomic mass is 16.3. The Morgan fingerprint density at radius 2 is 0.886 bits per heavy atom. The zero-order valence-electron chi connectivity index (χ0n) is 38.1. The van der Waals surface area contributed by atoms with E-state index in [9.17, 15) is 0 Å². The molecule has 0 amide bonds. The monoisotopic (exact) mass is 890 g/mol. The van der Waals surface area contributed by atoms with E-state index in [1.807, 2.05) is 12.1 Å². The van der Waals surface area contributed by atoms with Crippen LogP contribution >= 0.6 is 0 Å². The van der Waals surface area contributed by atoms with Crippen molar-refractivity contribution < 1.29 is 4.42 Å². The van der Waals surface area contributed by atoms with Crippen LogP contribution in [-0.2, 0) is 5.41 Å². The highest BCUT2D eigenvalue weighted by molar-refractivity contribution is 6.15. The molecule has 3 nitrogen and oxygen atoms in total. The van der Waals surface area contributed by atoms with Crippen molar-refractivity contribution in [3.8, 4) is 50.2 Å². The van der Waals surface area contributed by atoms with Gasteiger partial charge in [-0.25, -0.2) is 0 Å². The number of para-hydroxylation sites is 4. The first kappa shape index (κ1) is 38.9. The fraction of sp³-hybridized carbons (Fsp3) is 0.0149. The van der Waals surface area contributed by atoms with E-state index in [2.05, 4.69) is 252 Å². The van der Waals surface area contributed by atoms with Crippen LogP contribution in [0.15, 0.2) is 259 Å². The van der Waals surface area contributed by atoms with E-state index in [0.29, 0.717) is 0 Å². The Morgan fingerprint density at radius 1 is 0.329 bits per heavy atom. The molecule has 15 rings (SSSR count). The van der Waals surface area contributed by atoms with Crippen molar-refractivity contribution >= 4 is 60.8 Å². The van der Waals surface area contributed by atoms with E-state index >= 15 is 0 Å². The van der Waals surface area contributed by atoms with Crippen LogP contribution in [0.3, 0.4) is 0 Å². The maximum atomic E-state index is 6.24. The normalized spacial score (nSPS) is 13.0. The Labute approximate surface area is 405 Å². The van der Waals surface area contributed by atoms with Crippen molar-refractivity contribution in [2.45, 2.75) is 5.41 Å². The molecule has 0 saturated heterocycles. The van der Waals surface area contributed by atoms with Crippen molar-refractivity contribution in [3.63, 3.8) is 0 Å². The molecule has 3 heteroatoms. The summed E-state index contributed by atoms with van der Waals surface area (Å²) in [5.74, 6) is 0. The lowest BCUT2D eigenvalue weighted by Gasteiger charge is -2.40. The first-order valence-electron chi connectivity index (χ1n) is 24.2. The predicted molar refractivity (Wildman–Crippen MR) is 290 cm³/mol.